The predicted molar refractivity (Wildman–Crippen MR) is 132 cm³/mol. The van der Waals surface area contributed by atoms with E-state index in [-0.39, 0.29) is 12.1 Å². The number of ether oxygens (including phenoxy) is 1. The zero-order valence-electron chi connectivity index (χ0n) is 20.0. The maximum atomic E-state index is 12.1. The molecule has 1 aliphatic rings. The number of amides is 1. The van der Waals surface area contributed by atoms with Gasteiger partial charge >= 0.3 is 6.09 Å². The monoisotopic (exact) mass is 476 g/mol. The Hall–Kier alpha value is -3.44. The van der Waals surface area contributed by atoms with Crippen LogP contribution in [0.5, 0.6) is 5.75 Å². The molecule has 7 nitrogen and oxygen atoms in total. The van der Waals surface area contributed by atoms with E-state index in [0.29, 0.717) is 17.1 Å². The number of aromatic nitrogens is 2. The van der Waals surface area contributed by atoms with Crippen molar-refractivity contribution in [1.82, 2.24) is 14.3 Å². The fourth-order valence-corrected chi connectivity index (χ4v) is 5.29. The van der Waals surface area contributed by atoms with Crippen LogP contribution in [-0.4, -0.2) is 37.1 Å². The number of carboxylic acid groups (broad SMARTS) is 1. The summed E-state index contributed by atoms with van der Waals surface area (Å²) in [5.41, 5.74) is 3.85. The second-order valence-electron chi connectivity index (χ2n) is 9.66. The van der Waals surface area contributed by atoms with Crippen molar-refractivity contribution in [3.05, 3.63) is 53.1 Å². The van der Waals surface area contributed by atoms with Crippen LogP contribution in [0.3, 0.4) is 0 Å². The van der Waals surface area contributed by atoms with E-state index >= 15 is 0 Å². The van der Waals surface area contributed by atoms with Crippen molar-refractivity contribution in [2.45, 2.75) is 65.1 Å². The second kappa shape index (κ2) is 9.07. The molecular weight excluding hydrogens is 448 g/mol. The van der Waals surface area contributed by atoms with Gasteiger partial charge in [-0.15, -0.1) is 0 Å². The van der Waals surface area contributed by atoms with E-state index in [2.05, 4.69) is 10.4 Å². The van der Waals surface area contributed by atoms with Crippen LogP contribution in [-0.2, 0) is 6.42 Å². The molecule has 0 aliphatic heterocycles. The number of hydrogen-bond donors (Lipinski definition) is 1. The van der Waals surface area contributed by atoms with Crippen LogP contribution in [0.1, 0.15) is 63.8 Å². The lowest BCUT2D eigenvalue weighted by Crippen LogP contribution is -2.46. The topological polar surface area (TPSA) is 99.3 Å². The number of rotatable bonds is 5. The molecule has 1 aliphatic carbocycles. The van der Waals surface area contributed by atoms with Gasteiger partial charge in [-0.3, -0.25) is 4.90 Å². The van der Waals surface area contributed by atoms with Crippen molar-refractivity contribution >= 4 is 17.6 Å². The maximum Gasteiger partial charge on any atom is 0.408 e. The standard InChI is InChI=1S/C26H28N4O3S/c1-15(2)33-22-12-9-16(13-17(22)14-27)23-28-24(34-29-23)20-8-6-7-19-18(20)10-11-21(19)30(25(31)32)26(3,4)5/h6-9,12-13,15,21H,10-11H2,1-5H3,(H,31,32)/t21-/m1/s1. The lowest BCUT2D eigenvalue weighted by Gasteiger charge is -2.38. The largest absolute Gasteiger partial charge is 0.490 e. The Bertz CT molecular complexity index is 1270. The summed E-state index contributed by atoms with van der Waals surface area (Å²) in [6.45, 7) is 9.61. The van der Waals surface area contributed by atoms with Gasteiger partial charge in [0.25, 0.3) is 0 Å². The van der Waals surface area contributed by atoms with E-state index in [0.717, 1.165) is 40.1 Å². The summed E-state index contributed by atoms with van der Waals surface area (Å²) in [6, 6.07) is 13.4. The van der Waals surface area contributed by atoms with Crippen molar-refractivity contribution in [1.29, 1.82) is 5.26 Å². The highest BCUT2D eigenvalue weighted by atomic mass is 32.1. The third-order valence-electron chi connectivity index (χ3n) is 5.86. The van der Waals surface area contributed by atoms with E-state index in [1.807, 2.05) is 58.9 Å². The first-order valence-corrected chi connectivity index (χ1v) is 12.1. The van der Waals surface area contributed by atoms with Crippen molar-refractivity contribution in [2.24, 2.45) is 0 Å². The van der Waals surface area contributed by atoms with Gasteiger partial charge in [-0.25, -0.2) is 9.78 Å². The zero-order chi connectivity index (χ0) is 24.6. The lowest BCUT2D eigenvalue weighted by atomic mass is 9.98. The minimum atomic E-state index is -0.910. The van der Waals surface area contributed by atoms with E-state index in [1.165, 1.54) is 11.5 Å². The molecule has 1 atom stereocenters. The van der Waals surface area contributed by atoms with Gasteiger partial charge in [0.2, 0.25) is 0 Å². The number of carbonyl (C=O) groups is 1. The van der Waals surface area contributed by atoms with Gasteiger partial charge in [-0.1, -0.05) is 18.2 Å². The molecular formula is C26H28N4O3S. The lowest BCUT2D eigenvalue weighted by molar-refractivity contribution is 0.0701. The van der Waals surface area contributed by atoms with Crippen LogP contribution in [0.15, 0.2) is 36.4 Å². The zero-order valence-corrected chi connectivity index (χ0v) is 20.8. The fourth-order valence-electron chi connectivity index (χ4n) is 4.55. The minimum absolute atomic E-state index is 0.0266. The van der Waals surface area contributed by atoms with Gasteiger partial charge in [0, 0.05) is 16.7 Å². The fraction of sp³-hybridized carbons (Fsp3) is 0.385. The molecule has 1 N–H and O–H groups in total. The van der Waals surface area contributed by atoms with Gasteiger partial charge < -0.3 is 9.84 Å². The Morgan fingerprint density at radius 2 is 2.06 bits per heavy atom. The van der Waals surface area contributed by atoms with Crippen LogP contribution < -0.4 is 4.74 Å². The summed E-state index contributed by atoms with van der Waals surface area (Å²) < 4.78 is 10.3. The molecule has 4 rings (SSSR count). The Morgan fingerprint density at radius 3 is 2.71 bits per heavy atom. The average Bonchev–Trinajstić information content (AvgIpc) is 3.40. The van der Waals surface area contributed by atoms with Crippen molar-refractivity contribution in [3.63, 3.8) is 0 Å². The molecule has 0 saturated heterocycles. The molecule has 0 spiro atoms. The highest BCUT2D eigenvalue weighted by Gasteiger charge is 2.38. The van der Waals surface area contributed by atoms with E-state index in [4.69, 9.17) is 9.72 Å². The summed E-state index contributed by atoms with van der Waals surface area (Å²) in [4.78, 5) is 18.4. The van der Waals surface area contributed by atoms with Crippen molar-refractivity contribution < 1.29 is 14.6 Å². The summed E-state index contributed by atoms with van der Waals surface area (Å²) in [5, 5.41) is 20.2. The molecule has 0 fully saturated rings. The molecule has 2 aromatic carbocycles. The minimum Gasteiger partial charge on any atom is -0.490 e. The third kappa shape index (κ3) is 4.48. The summed E-state index contributed by atoms with van der Waals surface area (Å²) >= 11 is 1.31. The van der Waals surface area contributed by atoms with Gasteiger partial charge in [0.15, 0.2) is 5.82 Å². The Morgan fingerprint density at radius 1 is 1.29 bits per heavy atom. The van der Waals surface area contributed by atoms with Crippen LogP contribution >= 0.6 is 11.5 Å². The SMILES string of the molecule is CC(C)Oc1ccc(-c2nsc(-c3cccc4c3CC[C@H]4N(C(=O)O)C(C)(C)C)n2)cc1C#N. The van der Waals surface area contributed by atoms with Crippen molar-refractivity contribution in [3.8, 4) is 33.8 Å². The second-order valence-corrected chi connectivity index (χ2v) is 10.4. The molecule has 3 aromatic rings. The predicted octanol–water partition coefficient (Wildman–Crippen LogP) is 6.30. The smallest absolute Gasteiger partial charge is 0.408 e. The van der Waals surface area contributed by atoms with Crippen LogP contribution in [0.25, 0.3) is 22.0 Å². The number of benzene rings is 2. The van der Waals surface area contributed by atoms with E-state index in [1.54, 1.807) is 17.0 Å². The number of nitriles is 1. The van der Waals surface area contributed by atoms with Gasteiger partial charge in [0.05, 0.1) is 17.7 Å². The van der Waals surface area contributed by atoms with Crippen LogP contribution in [0, 0.1) is 11.3 Å². The van der Waals surface area contributed by atoms with E-state index in [9.17, 15) is 15.2 Å². The third-order valence-corrected chi connectivity index (χ3v) is 6.61. The first kappa shape index (κ1) is 23.7. The number of fused-ring (bicyclic) bond motifs is 1. The molecule has 1 aromatic heterocycles. The molecule has 0 bridgehead atoms. The van der Waals surface area contributed by atoms with E-state index < -0.39 is 11.6 Å². The highest BCUT2D eigenvalue weighted by molar-refractivity contribution is 7.09. The summed E-state index contributed by atoms with van der Waals surface area (Å²) in [7, 11) is 0. The summed E-state index contributed by atoms with van der Waals surface area (Å²) in [5.74, 6) is 1.10. The Balaban J connectivity index is 1.68. The molecule has 8 heteroatoms. The average molecular weight is 477 g/mol. The van der Waals surface area contributed by atoms with Crippen LogP contribution in [0.4, 0.5) is 4.79 Å². The number of nitrogens with zero attached hydrogens (tertiary/aromatic N) is 4. The molecule has 34 heavy (non-hydrogen) atoms. The maximum absolute atomic E-state index is 12.1. The Kier molecular flexibility index (Phi) is 6.32. The molecule has 0 saturated carbocycles. The van der Waals surface area contributed by atoms with Gasteiger partial charge in [-0.05, 0) is 88.3 Å². The normalized spacial score (nSPS) is 15.1. The molecule has 0 unspecified atom stereocenters. The molecule has 176 valence electrons. The first-order valence-electron chi connectivity index (χ1n) is 11.3. The Labute approximate surface area is 203 Å². The molecule has 1 amide bonds. The van der Waals surface area contributed by atoms with Crippen LogP contribution in [0.2, 0.25) is 0 Å². The first-order chi connectivity index (χ1) is 16.1. The molecule has 1 heterocycles. The van der Waals surface area contributed by atoms with Gasteiger partial charge in [0.1, 0.15) is 16.8 Å². The quantitative estimate of drug-likeness (QED) is 0.464. The highest BCUT2D eigenvalue weighted by Crippen LogP contribution is 2.43. The molecule has 0 radical (unpaired) electrons. The van der Waals surface area contributed by atoms with Crippen molar-refractivity contribution in [2.75, 3.05) is 0 Å². The number of hydrogen-bond acceptors (Lipinski definition) is 6. The van der Waals surface area contributed by atoms with Gasteiger partial charge in [-0.2, -0.15) is 9.64 Å². The summed E-state index contributed by atoms with van der Waals surface area (Å²) in [6.07, 6.45) is 0.586.